The zero-order valence-corrected chi connectivity index (χ0v) is 14.4. The third kappa shape index (κ3) is 5.01. The first-order valence-electron chi connectivity index (χ1n) is 7.08. The van der Waals surface area contributed by atoms with Gasteiger partial charge < -0.3 is 15.5 Å². The Morgan fingerprint density at radius 1 is 1.17 bits per heavy atom. The van der Waals surface area contributed by atoms with Crippen molar-refractivity contribution in [1.82, 2.24) is 10.3 Å². The van der Waals surface area contributed by atoms with Crippen LogP contribution in [0.5, 0.6) is 0 Å². The Labute approximate surface area is 145 Å². The summed E-state index contributed by atoms with van der Waals surface area (Å²) >= 11 is 11.8. The smallest absolute Gasteiger partial charge is 0.251 e. The second kappa shape index (κ2) is 8.04. The molecule has 2 N–H and O–H groups in total. The molecule has 0 bridgehead atoms. The van der Waals surface area contributed by atoms with Crippen LogP contribution in [0.15, 0.2) is 36.5 Å². The van der Waals surface area contributed by atoms with Crippen molar-refractivity contribution in [2.45, 2.75) is 0 Å². The summed E-state index contributed by atoms with van der Waals surface area (Å²) in [4.78, 5) is 18.1. The van der Waals surface area contributed by atoms with Gasteiger partial charge in [-0.3, -0.25) is 4.79 Å². The number of aromatic nitrogens is 1. The molecule has 2 aromatic rings. The number of carbonyl (C=O) groups excluding carboxylic acids is 1. The molecule has 0 fully saturated rings. The van der Waals surface area contributed by atoms with Crippen LogP contribution >= 0.6 is 23.2 Å². The third-order valence-electron chi connectivity index (χ3n) is 3.16. The molecule has 1 aromatic carbocycles. The van der Waals surface area contributed by atoms with Crippen LogP contribution < -0.4 is 15.5 Å². The molecule has 7 heteroatoms. The van der Waals surface area contributed by atoms with Crippen molar-refractivity contribution in [2.75, 3.05) is 37.4 Å². The molecule has 1 amide bonds. The fraction of sp³-hybridized carbons (Fsp3) is 0.250. The highest BCUT2D eigenvalue weighted by molar-refractivity contribution is 6.35. The maximum atomic E-state index is 12.0. The van der Waals surface area contributed by atoms with E-state index in [-0.39, 0.29) is 5.91 Å². The first-order chi connectivity index (χ1) is 11.0. The Bertz CT molecular complexity index is 674. The van der Waals surface area contributed by atoms with E-state index >= 15 is 0 Å². The molecule has 0 unspecified atom stereocenters. The van der Waals surface area contributed by atoms with Crippen LogP contribution in [0.4, 0.5) is 11.5 Å². The molecular weight excluding hydrogens is 335 g/mol. The number of hydrogen-bond acceptors (Lipinski definition) is 4. The fourth-order valence-electron chi connectivity index (χ4n) is 1.91. The van der Waals surface area contributed by atoms with Crippen molar-refractivity contribution in [3.8, 4) is 0 Å². The average Bonchev–Trinajstić information content (AvgIpc) is 2.53. The van der Waals surface area contributed by atoms with Crippen molar-refractivity contribution >= 4 is 40.6 Å². The lowest BCUT2D eigenvalue weighted by molar-refractivity contribution is 0.0955. The Hall–Kier alpha value is -1.98. The molecule has 2 rings (SSSR count). The first-order valence-corrected chi connectivity index (χ1v) is 7.83. The minimum absolute atomic E-state index is 0.118. The normalized spacial score (nSPS) is 10.3. The summed E-state index contributed by atoms with van der Waals surface area (Å²) in [5.41, 5.74) is 1.67. The zero-order valence-electron chi connectivity index (χ0n) is 12.9. The molecule has 23 heavy (non-hydrogen) atoms. The molecule has 0 aliphatic heterocycles. The lowest BCUT2D eigenvalue weighted by Crippen LogP contribution is -2.29. The number of nitrogens with zero attached hydrogens (tertiary/aromatic N) is 2. The SMILES string of the molecule is CN(C)c1ccc(C(=O)NCCNc2ncc(Cl)cc2Cl)cc1. The minimum atomic E-state index is -0.118. The van der Waals surface area contributed by atoms with Crippen molar-refractivity contribution in [3.63, 3.8) is 0 Å². The number of benzene rings is 1. The summed E-state index contributed by atoms with van der Waals surface area (Å²) in [6.07, 6.45) is 1.51. The lowest BCUT2D eigenvalue weighted by atomic mass is 10.2. The molecule has 0 saturated heterocycles. The molecule has 1 heterocycles. The van der Waals surface area contributed by atoms with Gasteiger partial charge in [0.25, 0.3) is 5.91 Å². The molecule has 0 aliphatic rings. The number of rotatable bonds is 6. The standard InChI is InChI=1S/C16H18Cl2N4O/c1-22(2)13-5-3-11(4-6-13)16(23)20-8-7-19-15-14(18)9-12(17)10-21-15/h3-6,9-10H,7-8H2,1-2H3,(H,19,21)(H,20,23). The third-order valence-corrected chi connectivity index (χ3v) is 3.65. The van der Waals surface area contributed by atoms with Crippen LogP contribution in [0, 0.1) is 0 Å². The maximum Gasteiger partial charge on any atom is 0.251 e. The molecular formula is C16H18Cl2N4O. The van der Waals surface area contributed by atoms with E-state index in [1.165, 1.54) is 6.20 Å². The van der Waals surface area contributed by atoms with Crippen LogP contribution in [0.2, 0.25) is 10.0 Å². The highest BCUT2D eigenvalue weighted by Crippen LogP contribution is 2.22. The van der Waals surface area contributed by atoms with Gasteiger partial charge in [-0.1, -0.05) is 23.2 Å². The van der Waals surface area contributed by atoms with E-state index in [4.69, 9.17) is 23.2 Å². The van der Waals surface area contributed by atoms with Gasteiger partial charge in [0, 0.05) is 44.6 Å². The zero-order chi connectivity index (χ0) is 16.8. The van der Waals surface area contributed by atoms with Gasteiger partial charge in [-0.15, -0.1) is 0 Å². The van der Waals surface area contributed by atoms with Gasteiger partial charge in [-0.2, -0.15) is 0 Å². The number of halogens is 2. The molecule has 1 aromatic heterocycles. The number of amides is 1. The van der Waals surface area contributed by atoms with Gasteiger partial charge in [0.1, 0.15) is 5.82 Å². The molecule has 5 nitrogen and oxygen atoms in total. The summed E-state index contributed by atoms with van der Waals surface area (Å²) in [6.45, 7) is 0.963. The Kier molecular flexibility index (Phi) is 6.07. The number of nitrogens with one attached hydrogen (secondary N) is 2. The monoisotopic (exact) mass is 352 g/mol. The van der Waals surface area contributed by atoms with Crippen molar-refractivity contribution in [3.05, 3.63) is 52.1 Å². The molecule has 0 radical (unpaired) electrons. The summed E-state index contributed by atoms with van der Waals surface area (Å²) < 4.78 is 0. The quantitative estimate of drug-likeness (QED) is 0.783. The van der Waals surface area contributed by atoms with Crippen LogP contribution in [0.1, 0.15) is 10.4 Å². The molecule has 0 aliphatic carbocycles. The number of carbonyl (C=O) groups is 1. The van der Waals surface area contributed by atoms with E-state index < -0.39 is 0 Å². The van der Waals surface area contributed by atoms with Gasteiger partial charge in [0.05, 0.1) is 10.0 Å². The molecule has 122 valence electrons. The highest BCUT2D eigenvalue weighted by Gasteiger charge is 2.06. The summed E-state index contributed by atoms with van der Waals surface area (Å²) in [5, 5.41) is 6.81. The lowest BCUT2D eigenvalue weighted by Gasteiger charge is -2.13. The second-order valence-electron chi connectivity index (χ2n) is 5.11. The van der Waals surface area contributed by atoms with E-state index in [2.05, 4.69) is 15.6 Å². The van der Waals surface area contributed by atoms with E-state index in [0.717, 1.165) is 5.69 Å². The van der Waals surface area contributed by atoms with Crippen LogP contribution in [0.3, 0.4) is 0 Å². The van der Waals surface area contributed by atoms with Crippen molar-refractivity contribution in [2.24, 2.45) is 0 Å². The van der Waals surface area contributed by atoms with E-state index in [1.807, 2.05) is 31.1 Å². The fourth-order valence-corrected chi connectivity index (χ4v) is 2.36. The first kappa shape index (κ1) is 17.4. The van der Waals surface area contributed by atoms with Gasteiger partial charge in [-0.25, -0.2) is 4.98 Å². The van der Waals surface area contributed by atoms with E-state index in [0.29, 0.717) is 34.5 Å². The highest BCUT2D eigenvalue weighted by atomic mass is 35.5. The van der Waals surface area contributed by atoms with Gasteiger partial charge >= 0.3 is 0 Å². The Morgan fingerprint density at radius 2 is 1.87 bits per heavy atom. The minimum Gasteiger partial charge on any atom is -0.378 e. The molecule has 0 atom stereocenters. The van der Waals surface area contributed by atoms with Crippen molar-refractivity contribution < 1.29 is 4.79 Å². The maximum absolute atomic E-state index is 12.0. The largest absolute Gasteiger partial charge is 0.378 e. The predicted molar refractivity (Wildman–Crippen MR) is 95.8 cm³/mol. The average molecular weight is 353 g/mol. The Morgan fingerprint density at radius 3 is 2.48 bits per heavy atom. The predicted octanol–water partition coefficient (Wildman–Crippen LogP) is 3.30. The van der Waals surface area contributed by atoms with Gasteiger partial charge in [-0.05, 0) is 30.3 Å². The summed E-state index contributed by atoms with van der Waals surface area (Å²) in [7, 11) is 3.91. The van der Waals surface area contributed by atoms with Crippen LogP contribution in [0.25, 0.3) is 0 Å². The number of hydrogen-bond donors (Lipinski definition) is 2. The van der Waals surface area contributed by atoms with Crippen molar-refractivity contribution in [1.29, 1.82) is 0 Å². The van der Waals surface area contributed by atoms with Crippen LogP contribution in [-0.2, 0) is 0 Å². The summed E-state index contributed by atoms with van der Waals surface area (Å²) in [5.74, 6) is 0.424. The second-order valence-corrected chi connectivity index (χ2v) is 5.95. The molecule has 0 spiro atoms. The molecule has 0 saturated carbocycles. The number of anilines is 2. The van der Waals surface area contributed by atoms with Gasteiger partial charge in [0.2, 0.25) is 0 Å². The van der Waals surface area contributed by atoms with E-state index in [1.54, 1.807) is 18.2 Å². The van der Waals surface area contributed by atoms with Gasteiger partial charge in [0.15, 0.2) is 0 Å². The van der Waals surface area contributed by atoms with Crippen LogP contribution in [-0.4, -0.2) is 38.1 Å². The summed E-state index contributed by atoms with van der Waals surface area (Å²) in [6, 6.07) is 9.03. The number of pyridine rings is 1. The topological polar surface area (TPSA) is 57.3 Å². The Balaban J connectivity index is 1.80. The van der Waals surface area contributed by atoms with E-state index in [9.17, 15) is 4.79 Å².